The van der Waals surface area contributed by atoms with Gasteiger partial charge in [0.15, 0.2) is 5.69 Å². The molecule has 2 aromatic rings. The minimum atomic E-state index is -4.47. The summed E-state index contributed by atoms with van der Waals surface area (Å²) in [6, 6.07) is 3.88. The van der Waals surface area contributed by atoms with E-state index in [0.717, 1.165) is 19.9 Å². The third kappa shape index (κ3) is 5.24. The van der Waals surface area contributed by atoms with E-state index in [9.17, 15) is 26.7 Å². The highest BCUT2D eigenvalue weighted by Crippen LogP contribution is 2.41. The normalized spacial score (nSPS) is 12.3. The summed E-state index contributed by atoms with van der Waals surface area (Å²) in [6.45, 7) is 2.16. The van der Waals surface area contributed by atoms with E-state index in [1.54, 1.807) is 6.92 Å². The van der Waals surface area contributed by atoms with Gasteiger partial charge in [0.25, 0.3) is 0 Å². The molecule has 10 heteroatoms. The van der Waals surface area contributed by atoms with Gasteiger partial charge in [-0.3, -0.25) is 4.57 Å². The molecule has 1 heterocycles. The van der Waals surface area contributed by atoms with Crippen molar-refractivity contribution in [1.82, 2.24) is 9.55 Å². The van der Waals surface area contributed by atoms with Gasteiger partial charge in [0, 0.05) is 6.20 Å². The average Bonchev–Trinajstić information content (AvgIpc) is 2.95. The number of alkyl halides is 5. The molecule has 0 saturated heterocycles. The summed E-state index contributed by atoms with van der Waals surface area (Å²) < 4.78 is 76.0. The van der Waals surface area contributed by atoms with Crippen molar-refractivity contribution in [3.63, 3.8) is 0 Å². The van der Waals surface area contributed by atoms with Crippen molar-refractivity contribution in [3.05, 3.63) is 41.5 Å². The molecular formula is C19H21F5N2O3. The van der Waals surface area contributed by atoms with Crippen molar-refractivity contribution < 1.29 is 36.2 Å². The molecule has 1 aromatic heterocycles. The Morgan fingerprint density at radius 3 is 2.45 bits per heavy atom. The molecule has 1 aromatic carbocycles. The van der Waals surface area contributed by atoms with Gasteiger partial charge in [0.1, 0.15) is 11.6 Å². The van der Waals surface area contributed by atoms with Crippen molar-refractivity contribution in [1.29, 1.82) is 0 Å². The van der Waals surface area contributed by atoms with Gasteiger partial charge in [-0.25, -0.2) is 9.78 Å². The molecule has 0 unspecified atom stereocenters. The second-order valence-electron chi connectivity index (χ2n) is 7.00. The number of hydrogen-bond acceptors (Lipinski definition) is 4. The zero-order chi connectivity index (χ0) is 22.0. The Labute approximate surface area is 164 Å². The van der Waals surface area contributed by atoms with Gasteiger partial charge < -0.3 is 9.47 Å². The number of hydrogen-bond donors (Lipinski definition) is 0. The Morgan fingerprint density at radius 2 is 1.90 bits per heavy atom. The highest BCUT2D eigenvalue weighted by Gasteiger charge is 2.47. The minimum Gasteiger partial charge on any atom is -0.461 e. The number of imidazole rings is 1. The molecule has 0 fully saturated rings. The van der Waals surface area contributed by atoms with Crippen molar-refractivity contribution >= 4 is 5.97 Å². The van der Waals surface area contributed by atoms with Crippen LogP contribution in [0.5, 0.6) is 5.75 Å². The Kier molecular flexibility index (Phi) is 6.54. The maximum Gasteiger partial charge on any atom is 0.394 e. The van der Waals surface area contributed by atoms with E-state index in [1.165, 1.54) is 29.8 Å². The second-order valence-corrected chi connectivity index (χ2v) is 7.00. The highest BCUT2D eigenvalue weighted by molar-refractivity contribution is 5.87. The maximum atomic E-state index is 13.2. The quantitative estimate of drug-likeness (QED) is 0.463. The predicted octanol–water partition coefficient (Wildman–Crippen LogP) is 5.09. The predicted molar refractivity (Wildman–Crippen MR) is 94.4 cm³/mol. The number of aryl methyl sites for hydroxylation is 1. The van der Waals surface area contributed by atoms with Crippen LogP contribution in [0.15, 0.2) is 24.4 Å². The van der Waals surface area contributed by atoms with E-state index in [-0.39, 0.29) is 35.1 Å². The summed E-state index contributed by atoms with van der Waals surface area (Å²) in [5.41, 5.74) is -1.80. The van der Waals surface area contributed by atoms with Crippen LogP contribution in [0.25, 0.3) is 5.69 Å². The lowest BCUT2D eigenvalue weighted by Gasteiger charge is -2.28. The Morgan fingerprint density at radius 1 is 1.24 bits per heavy atom. The topological polar surface area (TPSA) is 53.4 Å². The molecule has 2 rings (SSSR count). The maximum absolute atomic E-state index is 13.2. The van der Waals surface area contributed by atoms with E-state index in [0.29, 0.717) is 0 Å². The van der Waals surface area contributed by atoms with Crippen LogP contribution in [0.1, 0.15) is 42.6 Å². The minimum absolute atomic E-state index is 0.0328. The standard InChI is InChI=1S/C19H21F5N2O3/c1-5-28-16(27)13-10-26(11(2)25-13)14-7-6-12(8-15(14)29-17(20)21)9-18(3,4)19(22,23)24/h6-8,10,17H,5,9H2,1-4H3. The summed E-state index contributed by atoms with van der Waals surface area (Å²) in [4.78, 5) is 15.9. The molecule has 0 bridgehead atoms. The zero-order valence-corrected chi connectivity index (χ0v) is 16.3. The SMILES string of the molecule is CCOC(=O)c1cn(-c2ccc(CC(C)(C)C(F)(F)F)cc2OC(F)F)c(C)n1. The fraction of sp³-hybridized carbons (Fsp3) is 0.474. The van der Waals surface area contributed by atoms with E-state index < -0.39 is 30.6 Å². The van der Waals surface area contributed by atoms with Gasteiger partial charge >= 0.3 is 18.8 Å². The summed E-state index contributed by atoms with van der Waals surface area (Å²) in [7, 11) is 0. The molecule has 0 aliphatic rings. The molecule has 0 aliphatic heterocycles. The number of halogens is 5. The van der Waals surface area contributed by atoms with Crippen molar-refractivity contribution in [2.45, 2.75) is 46.9 Å². The average molecular weight is 420 g/mol. The van der Waals surface area contributed by atoms with Gasteiger partial charge in [-0.15, -0.1) is 0 Å². The Bertz CT molecular complexity index is 875. The summed E-state index contributed by atoms with van der Waals surface area (Å²) in [5.74, 6) is -0.726. The number of ether oxygens (including phenoxy) is 2. The smallest absolute Gasteiger partial charge is 0.394 e. The first-order chi connectivity index (χ1) is 13.4. The number of nitrogens with zero attached hydrogens (tertiary/aromatic N) is 2. The Hall–Kier alpha value is -2.65. The molecule has 0 saturated carbocycles. The molecular weight excluding hydrogens is 399 g/mol. The lowest BCUT2D eigenvalue weighted by Crippen LogP contribution is -2.34. The fourth-order valence-electron chi connectivity index (χ4n) is 2.69. The molecule has 0 spiro atoms. The van der Waals surface area contributed by atoms with Crippen LogP contribution in [-0.2, 0) is 11.2 Å². The highest BCUT2D eigenvalue weighted by atomic mass is 19.4. The third-order valence-electron chi connectivity index (χ3n) is 4.28. The number of carbonyl (C=O) groups excluding carboxylic acids is 1. The van der Waals surface area contributed by atoms with Crippen LogP contribution in [0.2, 0.25) is 0 Å². The monoisotopic (exact) mass is 420 g/mol. The van der Waals surface area contributed by atoms with E-state index >= 15 is 0 Å². The first kappa shape index (κ1) is 22.6. The van der Waals surface area contributed by atoms with Crippen LogP contribution in [0.4, 0.5) is 22.0 Å². The van der Waals surface area contributed by atoms with Crippen LogP contribution in [0, 0.1) is 12.3 Å². The first-order valence-corrected chi connectivity index (χ1v) is 8.73. The second kappa shape index (κ2) is 8.38. The van der Waals surface area contributed by atoms with Crippen LogP contribution in [-0.4, -0.2) is 34.9 Å². The van der Waals surface area contributed by atoms with Gasteiger partial charge in [0.05, 0.1) is 17.7 Å². The molecule has 0 atom stereocenters. The van der Waals surface area contributed by atoms with Crippen molar-refractivity contribution in [2.75, 3.05) is 6.61 Å². The van der Waals surface area contributed by atoms with Crippen molar-refractivity contribution in [2.24, 2.45) is 5.41 Å². The van der Waals surface area contributed by atoms with E-state index in [2.05, 4.69) is 9.72 Å². The van der Waals surface area contributed by atoms with Gasteiger partial charge in [-0.1, -0.05) is 19.9 Å². The molecule has 29 heavy (non-hydrogen) atoms. The number of esters is 1. The lowest BCUT2D eigenvalue weighted by molar-refractivity contribution is -0.211. The molecule has 160 valence electrons. The van der Waals surface area contributed by atoms with Crippen LogP contribution in [0.3, 0.4) is 0 Å². The molecule has 5 nitrogen and oxygen atoms in total. The van der Waals surface area contributed by atoms with Crippen LogP contribution >= 0.6 is 0 Å². The number of aromatic nitrogens is 2. The number of benzene rings is 1. The third-order valence-corrected chi connectivity index (χ3v) is 4.28. The van der Waals surface area contributed by atoms with Crippen LogP contribution < -0.4 is 4.74 Å². The Balaban J connectivity index is 2.47. The van der Waals surface area contributed by atoms with Gasteiger partial charge in [-0.05, 0) is 38.0 Å². The van der Waals surface area contributed by atoms with Gasteiger partial charge in [-0.2, -0.15) is 22.0 Å². The van der Waals surface area contributed by atoms with Crippen molar-refractivity contribution in [3.8, 4) is 11.4 Å². The molecule has 0 aliphatic carbocycles. The molecule has 0 N–H and O–H groups in total. The largest absolute Gasteiger partial charge is 0.461 e. The van der Waals surface area contributed by atoms with E-state index in [1.807, 2.05) is 0 Å². The van der Waals surface area contributed by atoms with Gasteiger partial charge in [0.2, 0.25) is 0 Å². The summed E-state index contributed by atoms with van der Waals surface area (Å²) in [6.07, 6.45) is -3.60. The summed E-state index contributed by atoms with van der Waals surface area (Å²) >= 11 is 0. The first-order valence-electron chi connectivity index (χ1n) is 8.73. The number of rotatable bonds is 7. The lowest BCUT2D eigenvalue weighted by atomic mass is 9.85. The number of carbonyl (C=O) groups is 1. The molecule has 0 amide bonds. The zero-order valence-electron chi connectivity index (χ0n) is 16.3. The molecule has 0 radical (unpaired) electrons. The summed E-state index contributed by atoms with van der Waals surface area (Å²) in [5, 5.41) is 0. The fourth-order valence-corrected chi connectivity index (χ4v) is 2.69. The van der Waals surface area contributed by atoms with E-state index in [4.69, 9.17) is 4.74 Å².